The van der Waals surface area contributed by atoms with Crippen LogP contribution in [-0.2, 0) is 11.3 Å². The molecule has 4 rings (SSSR count). The van der Waals surface area contributed by atoms with Crippen molar-refractivity contribution in [2.45, 2.75) is 65.0 Å². The maximum atomic E-state index is 12.8. The molecule has 1 amide bonds. The van der Waals surface area contributed by atoms with E-state index in [0.29, 0.717) is 18.9 Å². The quantitative estimate of drug-likeness (QED) is 0.607. The maximum absolute atomic E-state index is 12.8. The summed E-state index contributed by atoms with van der Waals surface area (Å²) < 4.78 is 1.84. The van der Waals surface area contributed by atoms with Gasteiger partial charge in [-0.2, -0.15) is 4.98 Å². The lowest BCUT2D eigenvalue weighted by Crippen LogP contribution is -2.43. The van der Waals surface area contributed by atoms with Crippen molar-refractivity contribution in [2.75, 3.05) is 11.4 Å². The molecule has 32 heavy (non-hydrogen) atoms. The first-order valence-electron chi connectivity index (χ1n) is 11.5. The van der Waals surface area contributed by atoms with Gasteiger partial charge in [0.1, 0.15) is 12.1 Å². The second-order valence-corrected chi connectivity index (χ2v) is 8.89. The highest BCUT2D eigenvalue weighted by Gasteiger charge is 2.27. The van der Waals surface area contributed by atoms with Crippen molar-refractivity contribution in [1.29, 1.82) is 0 Å². The number of nitrogens with zero attached hydrogens (tertiary/aromatic N) is 5. The van der Waals surface area contributed by atoms with Crippen LogP contribution >= 0.6 is 0 Å². The number of nitrogens with one attached hydrogen (secondary N) is 1. The minimum atomic E-state index is 0.0791. The number of carbonyl (C=O) groups excluding carboxylic acids is 1. The number of amides is 1. The Morgan fingerprint density at radius 2 is 2.00 bits per heavy atom. The van der Waals surface area contributed by atoms with E-state index < -0.39 is 0 Å². The Bertz CT molecular complexity index is 1030. The molecular formula is C25H32N6O. The molecule has 168 valence electrons. The fourth-order valence-electron chi connectivity index (χ4n) is 4.08. The molecule has 0 aliphatic carbocycles. The van der Waals surface area contributed by atoms with Crippen LogP contribution in [0.5, 0.6) is 0 Å². The van der Waals surface area contributed by atoms with E-state index in [1.165, 1.54) is 5.56 Å². The van der Waals surface area contributed by atoms with Gasteiger partial charge in [0.2, 0.25) is 11.9 Å². The number of carbonyl (C=O) groups is 1. The molecule has 7 nitrogen and oxygen atoms in total. The van der Waals surface area contributed by atoms with Gasteiger partial charge in [0.05, 0.1) is 5.69 Å². The molecule has 0 saturated carbocycles. The number of aryl methyl sites for hydroxylation is 1. The van der Waals surface area contributed by atoms with Crippen LogP contribution in [0.3, 0.4) is 0 Å². The summed E-state index contributed by atoms with van der Waals surface area (Å²) in [4.78, 5) is 28.8. The Morgan fingerprint density at radius 1 is 1.19 bits per heavy atom. The number of imidazole rings is 1. The summed E-state index contributed by atoms with van der Waals surface area (Å²) in [5.74, 6) is 1.87. The molecule has 0 spiro atoms. The number of hydrogen-bond donors (Lipinski definition) is 1. The minimum Gasteiger partial charge on any atom is -0.353 e. The van der Waals surface area contributed by atoms with Gasteiger partial charge in [-0.3, -0.25) is 9.36 Å². The Hall–Kier alpha value is -3.22. The van der Waals surface area contributed by atoms with Crippen molar-refractivity contribution in [3.05, 3.63) is 65.9 Å². The highest BCUT2D eigenvalue weighted by atomic mass is 16.1. The van der Waals surface area contributed by atoms with Gasteiger partial charge in [-0.05, 0) is 37.7 Å². The smallest absolute Gasteiger partial charge is 0.237 e. The number of rotatable bonds is 7. The maximum Gasteiger partial charge on any atom is 0.237 e. The van der Waals surface area contributed by atoms with Crippen molar-refractivity contribution >= 4 is 11.7 Å². The van der Waals surface area contributed by atoms with Crippen LogP contribution in [0, 0.1) is 6.92 Å². The molecule has 1 atom stereocenters. The molecular weight excluding hydrogens is 400 g/mol. The van der Waals surface area contributed by atoms with Crippen LogP contribution in [0.2, 0.25) is 0 Å². The van der Waals surface area contributed by atoms with Gasteiger partial charge in [0.25, 0.3) is 0 Å². The molecule has 3 aromatic rings. The van der Waals surface area contributed by atoms with Crippen molar-refractivity contribution in [1.82, 2.24) is 24.8 Å². The Kier molecular flexibility index (Phi) is 6.83. The molecule has 1 aliphatic heterocycles. The van der Waals surface area contributed by atoms with E-state index >= 15 is 0 Å². The fourth-order valence-corrected chi connectivity index (χ4v) is 4.08. The molecule has 0 radical (unpaired) electrons. The summed E-state index contributed by atoms with van der Waals surface area (Å²) in [7, 11) is 0. The zero-order chi connectivity index (χ0) is 22.5. The molecule has 1 N–H and O–H groups in total. The summed E-state index contributed by atoms with van der Waals surface area (Å²) in [6, 6.07) is 10.5. The van der Waals surface area contributed by atoms with Gasteiger partial charge in [-0.15, -0.1) is 0 Å². The third-order valence-electron chi connectivity index (χ3n) is 6.00. The van der Waals surface area contributed by atoms with Gasteiger partial charge in [-0.1, -0.05) is 43.7 Å². The third-order valence-corrected chi connectivity index (χ3v) is 6.00. The zero-order valence-corrected chi connectivity index (χ0v) is 19.2. The van der Waals surface area contributed by atoms with E-state index in [2.05, 4.69) is 66.3 Å². The Balaban J connectivity index is 1.50. The van der Waals surface area contributed by atoms with Gasteiger partial charge in [0.15, 0.2) is 0 Å². The van der Waals surface area contributed by atoms with E-state index in [0.717, 1.165) is 42.9 Å². The topological polar surface area (TPSA) is 75.9 Å². The summed E-state index contributed by atoms with van der Waals surface area (Å²) in [6.45, 7) is 7.79. The van der Waals surface area contributed by atoms with Crippen LogP contribution in [0.1, 0.15) is 62.3 Å². The van der Waals surface area contributed by atoms with Crippen LogP contribution < -0.4 is 10.2 Å². The van der Waals surface area contributed by atoms with E-state index in [4.69, 9.17) is 9.97 Å². The van der Waals surface area contributed by atoms with Crippen molar-refractivity contribution in [3.63, 3.8) is 0 Å². The highest BCUT2D eigenvalue weighted by Crippen LogP contribution is 2.28. The molecule has 7 heteroatoms. The minimum absolute atomic E-state index is 0.0791. The molecule has 1 saturated heterocycles. The standard InChI is InChI=1S/C25H32N6O/c1-18(2)22-15-23(29-25(28-22)30-13-11-26-17-30)31-12-5-4-6-21(31)14-24(32)27-16-20-9-7-19(3)8-10-20/h7-11,13,15,17-18,21H,4-6,12,14,16H2,1-3H3,(H,27,32). The largest absolute Gasteiger partial charge is 0.353 e. The zero-order valence-electron chi connectivity index (χ0n) is 19.2. The molecule has 1 unspecified atom stereocenters. The van der Waals surface area contributed by atoms with E-state index in [-0.39, 0.29) is 17.9 Å². The Morgan fingerprint density at radius 3 is 2.72 bits per heavy atom. The van der Waals surface area contributed by atoms with Crippen molar-refractivity contribution < 1.29 is 4.79 Å². The van der Waals surface area contributed by atoms with Gasteiger partial charge in [0, 0.05) is 44.0 Å². The van der Waals surface area contributed by atoms with E-state index in [1.807, 2.05) is 10.8 Å². The van der Waals surface area contributed by atoms with Crippen molar-refractivity contribution in [2.24, 2.45) is 0 Å². The first kappa shape index (κ1) is 22.0. The van der Waals surface area contributed by atoms with Crippen LogP contribution in [0.25, 0.3) is 5.95 Å². The number of benzene rings is 1. The second-order valence-electron chi connectivity index (χ2n) is 8.89. The van der Waals surface area contributed by atoms with Crippen LogP contribution in [0.15, 0.2) is 49.1 Å². The predicted octanol–water partition coefficient (Wildman–Crippen LogP) is 4.16. The van der Waals surface area contributed by atoms with Crippen LogP contribution in [-0.4, -0.2) is 38.0 Å². The second kappa shape index (κ2) is 9.94. The fraction of sp³-hybridized carbons (Fsp3) is 0.440. The first-order chi connectivity index (χ1) is 15.5. The Labute approximate surface area is 189 Å². The first-order valence-corrected chi connectivity index (χ1v) is 11.5. The van der Waals surface area contributed by atoms with Crippen molar-refractivity contribution in [3.8, 4) is 5.95 Å². The number of piperidine rings is 1. The summed E-state index contributed by atoms with van der Waals surface area (Å²) >= 11 is 0. The molecule has 1 fully saturated rings. The lowest BCUT2D eigenvalue weighted by Gasteiger charge is -2.36. The average Bonchev–Trinajstić information content (AvgIpc) is 3.34. The van der Waals surface area contributed by atoms with Gasteiger partial charge >= 0.3 is 0 Å². The monoisotopic (exact) mass is 432 g/mol. The third kappa shape index (κ3) is 5.33. The molecule has 1 aromatic carbocycles. The molecule has 2 aromatic heterocycles. The normalized spacial score (nSPS) is 16.4. The molecule has 0 bridgehead atoms. The SMILES string of the molecule is Cc1ccc(CNC(=O)CC2CCCCN2c2cc(C(C)C)nc(-n3ccnc3)n2)cc1. The van der Waals surface area contributed by atoms with Crippen LogP contribution in [0.4, 0.5) is 5.82 Å². The predicted molar refractivity (Wildman–Crippen MR) is 126 cm³/mol. The summed E-state index contributed by atoms with van der Waals surface area (Å²) in [5, 5.41) is 3.09. The average molecular weight is 433 g/mol. The van der Waals surface area contributed by atoms with Gasteiger partial charge < -0.3 is 10.2 Å². The molecule has 1 aliphatic rings. The number of hydrogen-bond acceptors (Lipinski definition) is 5. The number of aromatic nitrogens is 4. The lowest BCUT2D eigenvalue weighted by atomic mass is 9.98. The number of anilines is 1. The summed E-state index contributed by atoms with van der Waals surface area (Å²) in [6.07, 6.45) is 8.98. The van der Waals surface area contributed by atoms with E-state index in [1.54, 1.807) is 12.5 Å². The lowest BCUT2D eigenvalue weighted by molar-refractivity contribution is -0.121. The molecule has 3 heterocycles. The summed E-state index contributed by atoms with van der Waals surface area (Å²) in [5.41, 5.74) is 3.33. The van der Waals surface area contributed by atoms with Gasteiger partial charge in [-0.25, -0.2) is 9.97 Å². The highest BCUT2D eigenvalue weighted by molar-refractivity contribution is 5.77. The van der Waals surface area contributed by atoms with E-state index in [9.17, 15) is 4.79 Å².